The average molecular weight is 345 g/mol. The molecule has 0 saturated heterocycles. The van der Waals surface area contributed by atoms with E-state index in [-0.39, 0.29) is 29.5 Å². The predicted octanol–water partition coefficient (Wildman–Crippen LogP) is -0.495. The van der Waals surface area contributed by atoms with Gasteiger partial charge in [0.05, 0.1) is 5.56 Å². The van der Waals surface area contributed by atoms with E-state index in [2.05, 4.69) is 57.5 Å². The Morgan fingerprint density at radius 1 is 1.12 bits per heavy atom. The largest absolute Gasteiger partial charge is 1.00 e. The predicted molar refractivity (Wildman–Crippen MR) is 66.2 cm³/mol. The lowest BCUT2D eigenvalue weighted by molar-refractivity contribution is -0.562. The van der Waals surface area contributed by atoms with Gasteiger partial charge in [-0.05, 0) is 37.1 Å². The Labute approximate surface area is 121 Å². The highest BCUT2D eigenvalue weighted by Gasteiger charge is 2.40. The van der Waals surface area contributed by atoms with Gasteiger partial charge in [-0.3, -0.25) is 0 Å². The fraction of sp³-hybridized carbons (Fsp3) is 0.500. The van der Waals surface area contributed by atoms with E-state index < -0.39 is 0 Å². The molecular weight excluding hydrogens is 325 g/mol. The Morgan fingerprint density at radius 3 is 2.06 bits per heavy atom. The number of hydrogen-bond donors (Lipinski definition) is 0. The summed E-state index contributed by atoms with van der Waals surface area (Å²) in [5.74, 6) is 0.997. The lowest BCUT2D eigenvalue weighted by Crippen LogP contribution is -3.00. The first-order chi connectivity index (χ1) is 7.40. The van der Waals surface area contributed by atoms with Crippen LogP contribution in [-0.4, -0.2) is 29.7 Å². The van der Waals surface area contributed by atoms with Crippen LogP contribution in [0, 0.1) is 13.8 Å². The molecule has 3 heteroatoms. The van der Waals surface area contributed by atoms with Gasteiger partial charge in [0.2, 0.25) is 0 Å². The van der Waals surface area contributed by atoms with Crippen LogP contribution >= 0.6 is 0 Å². The SMILES string of the molecule is Cc1cc(C)cc(C2=[N+](C)C(C)(C)CO2)c1.[I-]. The first kappa shape index (κ1) is 14.5. The van der Waals surface area contributed by atoms with Crippen molar-refractivity contribution in [2.75, 3.05) is 13.7 Å². The summed E-state index contributed by atoms with van der Waals surface area (Å²) in [7, 11) is 2.10. The summed E-state index contributed by atoms with van der Waals surface area (Å²) in [4.78, 5) is 0. The van der Waals surface area contributed by atoms with Crippen LogP contribution in [0.3, 0.4) is 0 Å². The number of rotatable bonds is 1. The van der Waals surface area contributed by atoms with Gasteiger partial charge >= 0.3 is 5.90 Å². The summed E-state index contributed by atoms with van der Waals surface area (Å²) in [5, 5.41) is 0. The Hall–Kier alpha value is -0.580. The minimum Gasteiger partial charge on any atom is -1.00 e. The number of nitrogens with zero attached hydrogens (tertiary/aromatic N) is 1. The van der Waals surface area contributed by atoms with Gasteiger partial charge in [-0.1, -0.05) is 6.07 Å². The molecule has 0 radical (unpaired) electrons. The van der Waals surface area contributed by atoms with Crippen molar-refractivity contribution in [3.8, 4) is 0 Å². The third-order valence-electron chi connectivity index (χ3n) is 3.24. The van der Waals surface area contributed by atoms with E-state index in [0.29, 0.717) is 0 Å². The number of halogens is 1. The van der Waals surface area contributed by atoms with E-state index in [0.717, 1.165) is 12.5 Å². The van der Waals surface area contributed by atoms with E-state index in [4.69, 9.17) is 4.74 Å². The van der Waals surface area contributed by atoms with Crippen molar-refractivity contribution in [3.05, 3.63) is 34.9 Å². The Bertz CT molecular complexity index is 443. The van der Waals surface area contributed by atoms with Crippen molar-refractivity contribution in [2.24, 2.45) is 0 Å². The van der Waals surface area contributed by atoms with Crippen molar-refractivity contribution in [1.29, 1.82) is 0 Å². The lowest BCUT2D eigenvalue weighted by Gasteiger charge is -2.09. The summed E-state index contributed by atoms with van der Waals surface area (Å²) in [6.07, 6.45) is 0. The molecule has 0 saturated carbocycles. The fourth-order valence-corrected chi connectivity index (χ4v) is 2.09. The van der Waals surface area contributed by atoms with Crippen LogP contribution in [0.4, 0.5) is 0 Å². The topological polar surface area (TPSA) is 12.2 Å². The van der Waals surface area contributed by atoms with Gasteiger partial charge in [0.25, 0.3) is 0 Å². The van der Waals surface area contributed by atoms with Crippen molar-refractivity contribution in [2.45, 2.75) is 33.2 Å². The molecule has 94 valence electrons. The quantitative estimate of drug-likeness (QED) is 0.494. The van der Waals surface area contributed by atoms with Crippen molar-refractivity contribution in [3.63, 3.8) is 0 Å². The summed E-state index contributed by atoms with van der Waals surface area (Å²) in [6, 6.07) is 6.55. The van der Waals surface area contributed by atoms with Gasteiger partial charge < -0.3 is 28.7 Å². The maximum atomic E-state index is 5.82. The molecule has 2 nitrogen and oxygen atoms in total. The number of aryl methyl sites for hydroxylation is 2. The van der Waals surface area contributed by atoms with Crippen LogP contribution in [0.25, 0.3) is 0 Å². The molecule has 0 amide bonds. The number of ether oxygens (including phenoxy) is 1. The molecule has 1 aliphatic heterocycles. The second kappa shape index (κ2) is 4.96. The average Bonchev–Trinajstić information content (AvgIpc) is 2.40. The van der Waals surface area contributed by atoms with E-state index in [1.807, 2.05) is 0 Å². The third-order valence-corrected chi connectivity index (χ3v) is 3.24. The smallest absolute Gasteiger partial charge is 0.370 e. The number of likely N-dealkylation sites (N-methyl/N-ethyl adjacent to an activating group) is 1. The number of hydrogen-bond acceptors (Lipinski definition) is 1. The van der Waals surface area contributed by atoms with Gasteiger partial charge in [0.1, 0.15) is 7.05 Å². The molecule has 0 aliphatic carbocycles. The monoisotopic (exact) mass is 345 g/mol. The van der Waals surface area contributed by atoms with Crippen LogP contribution in [0.2, 0.25) is 0 Å². The fourth-order valence-electron chi connectivity index (χ4n) is 2.09. The molecule has 0 aromatic heterocycles. The maximum Gasteiger partial charge on any atom is 0.370 e. The molecule has 2 rings (SSSR count). The molecule has 0 spiro atoms. The van der Waals surface area contributed by atoms with Gasteiger partial charge in [-0.2, -0.15) is 4.58 Å². The molecule has 0 N–H and O–H groups in total. The van der Waals surface area contributed by atoms with Crippen LogP contribution in [0.15, 0.2) is 18.2 Å². The normalized spacial score (nSPS) is 17.7. The van der Waals surface area contributed by atoms with Gasteiger partial charge in [-0.15, -0.1) is 0 Å². The molecular formula is C14H20INO. The van der Waals surface area contributed by atoms with Crippen LogP contribution in [-0.2, 0) is 4.74 Å². The van der Waals surface area contributed by atoms with Gasteiger partial charge in [-0.25, -0.2) is 0 Å². The van der Waals surface area contributed by atoms with Gasteiger partial charge in [0, 0.05) is 13.8 Å². The lowest BCUT2D eigenvalue weighted by atomic mass is 10.1. The minimum atomic E-state index is 0. The summed E-state index contributed by atoms with van der Waals surface area (Å²) in [5.41, 5.74) is 3.84. The Balaban J connectivity index is 0.00000144. The second-order valence-electron chi connectivity index (χ2n) is 5.34. The van der Waals surface area contributed by atoms with E-state index in [9.17, 15) is 0 Å². The van der Waals surface area contributed by atoms with E-state index in [1.54, 1.807) is 0 Å². The first-order valence-electron chi connectivity index (χ1n) is 5.72. The molecule has 0 unspecified atom stereocenters. The molecule has 1 aromatic carbocycles. The summed E-state index contributed by atoms with van der Waals surface area (Å²) >= 11 is 0. The van der Waals surface area contributed by atoms with Crippen molar-refractivity contribution in [1.82, 2.24) is 0 Å². The second-order valence-corrected chi connectivity index (χ2v) is 5.34. The standard InChI is InChI=1S/C14H20NO.HI/c1-10-6-11(2)8-12(7-10)13-15(5)14(3,4)9-16-13;/h6-8H,9H2,1-5H3;1H/q+1;/p-1. The zero-order valence-electron chi connectivity index (χ0n) is 11.2. The molecule has 1 aromatic rings. The Morgan fingerprint density at radius 2 is 1.65 bits per heavy atom. The summed E-state index contributed by atoms with van der Waals surface area (Å²) < 4.78 is 8.04. The summed E-state index contributed by atoms with van der Waals surface area (Å²) in [6.45, 7) is 9.39. The third kappa shape index (κ3) is 2.81. The minimum absolute atomic E-state index is 0. The van der Waals surface area contributed by atoms with Crippen LogP contribution < -0.4 is 24.0 Å². The molecule has 0 bridgehead atoms. The molecule has 17 heavy (non-hydrogen) atoms. The van der Waals surface area contributed by atoms with Crippen molar-refractivity contribution >= 4 is 5.90 Å². The first-order valence-corrected chi connectivity index (χ1v) is 5.72. The highest BCUT2D eigenvalue weighted by atomic mass is 127. The van der Waals surface area contributed by atoms with Crippen molar-refractivity contribution < 1.29 is 33.3 Å². The van der Waals surface area contributed by atoms with Crippen LogP contribution in [0.5, 0.6) is 0 Å². The highest BCUT2D eigenvalue weighted by Crippen LogP contribution is 2.20. The molecule has 0 fully saturated rings. The Kier molecular flexibility index (Phi) is 4.23. The zero-order chi connectivity index (χ0) is 11.9. The molecule has 0 atom stereocenters. The molecule has 1 heterocycles. The maximum absolute atomic E-state index is 5.82. The zero-order valence-corrected chi connectivity index (χ0v) is 13.3. The number of benzene rings is 1. The van der Waals surface area contributed by atoms with Gasteiger partial charge in [0.15, 0.2) is 12.1 Å². The van der Waals surface area contributed by atoms with Crippen LogP contribution in [0.1, 0.15) is 30.5 Å². The van der Waals surface area contributed by atoms with E-state index in [1.165, 1.54) is 16.7 Å². The van der Waals surface area contributed by atoms with E-state index >= 15 is 0 Å². The highest BCUT2D eigenvalue weighted by molar-refractivity contribution is 5.91. The molecule has 1 aliphatic rings.